The van der Waals surface area contributed by atoms with Gasteiger partial charge in [-0.1, -0.05) is 30.3 Å². The Labute approximate surface area is 224 Å². The van der Waals surface area contributed by atoms with E-state index in [0.717, 1.165) is 61.8 Å². The Balaban J connectivity index is 1.11. The van der Waals surface area contributed by atoms with E-state index < -0.39 is 5.97 Å². The van der Waals surface area contributed by atoms with Gasteiger partial charge in [-0.15, -0.1) is 0 Å². The van der Waals surface area contributed by atoms with Gasteiger partial charge in [0.25, 0.3) is 0 Å². The predicted octanol–water partition coefficient (Wildman–Crippen LogP) is 5.49. The van der Waals surface area contributed by atoms with Crippen LogP contribution in [0.5, 0.6) is 11.5 Å². The SMILES string of the molecule is O=C(CN(CC1CC1)C1CCN(Cc2ccc(C(=O)O)cc2)CC1)Nc1ccc(Oc2ccccc2)cc1. The number of para-hydroxylation sites is 1. The van der Waals surface area contributed by atoms with Crippen LogP contribution in [-0.2, 0) is 11.3 Å². The van der Waals surface area contributed by atoms with E-state index in [4.69, 9.17) is 9.84 Å². The molecule has 0 unspecified atom stereocenters. The third kappa shape index (κ3) is 7.43. The first kappa shape index (κ1) is 25.9. The lowest BCUT2D eigenvalue weighted by Gasteiger charge is -2.38. The molecule has 7 heteroatoms. The zero-order chi connectivity index (χ0) is 26.3. The van der Waals surface area contributed by atoms with Crippen LogP contribution in [0.3, 0.4) is 0 Å². The van der Waals surface area contributed by atoms with Crippen molar-refractivity contribution in [3.05, 3.63) is 90.0 Å². The molecular formula is C31H35N3O4. The minimum Gasteiger partial charge on any atom is -0.478 e. The molecule has 1 aliphatic heterocycles. The molecule has 0 spiro atoms. The molecule has 0 aromatic heterocycles. The van der Waals surface area contributed by atoms with Crippen molar-refractivity contribution in [2.24, 2.45) is 5.92 Å². The number of nitrogens with zero attached hydrogens (tertiary/aromatic N) is 2. The van der Waals surface area contributed by atoms with Crippen LogP contribution in [0.15, 0.2) is 78.9 Å². The summed E-state index contributed by atoms with van der Waals surface area (Å²) in [4.78, 5) is 28.9. The molecule has 1 amide bonds. The van der Waals surface area contributed by atoms with Gasteiger partial charge in [0, 0.05) is 24.8 Å². The molecular weight excluding hydrogens is 478 g/mol. The molecule has 2 fully saturated rings. The standard InChI is InChI=1S/C31H35N3O4/c35-30(32-26-12-14-29(15-13-26)38-28-4-2-1-3-5-28)22-34(21-24-6-7-24)27-16-18-33(19-17-27)20-23-8-10-25(11-9-23)31(36)37/h1-5,8-15,24,27H,6-7,16-22H2,(H,32,35)(H,36,37). The summed E-state index contributed by atoms with van der Waals surface area (Å²) in [6, 6.07) is 24.7. The van der Waals surface area contributed by atoms with Crippen molar-refractivity contribution in [2.75, 3.05) is 31.5 Å². The number of ether oxygens (including phenoxy) is 1. The lowest BCUT2D eigenvalue weighted by Crippen LogP contribution is -2.48. The fraction of sp³-hybridized carbons (Fsp3) is 0.355. The van der Waals surface area contributed by atoms with E-state index in [2.05, 4.69) is 15.1 Å². The third-order valence-corrected chi connectivity index (χ3v) is 7.33. The molecule has 5 rings (SSSR count). The van der Waals surface area contributed by atoms with Gasteiger partial charge >= 0.3 is 5.97 Å². The van der Waals surface area contributed by atoms with E-state index in [1.807, 2.05) is 66.7 Å². The monoisotopic (exact) mass is 513 g/mol. The number of hydrogen-bond donors (Lipinski definition) is 2. The van der Waals surface area contributed by atoms with Crippen LogP contribution in [0.1, 0.15) is 41.6 Å². The maximum atomic E-state index is 13.0. The summed E-state index contributed by atoms with van der Waals surface area (Å²) in [7, 11) is 0. The smallest absolute Gasteiger partial charge is 0.335 e. The van der Waals surface area contributed by atoms with E-state index >= 15 is 0 Å². The van der Waals surface area contributed by atoms with Crippen LogP contribution in [-0.4, -0.2) is 59.0 Å². The molecule has 7 nitrogen and oxygen atoms in total. The maximum absolute atomic E-state index is 13.0. The summed E-state index contributed by atoms with van der Waals surface area (Å²) in [6.45, 7) is 4.15. The highest BCUT2D eigenvalue weighted by Crippen LogP contribution is 2.32. The van der Waals surface area contributed by atoms with Gasteiger partial charge in [0.05, 0.1) is 12.1 Å². The van der Waals surface area contributed by atoms with Crippen molar-refractivity contribution in [3.8, 4) is 11.5 Å². The Morgan fingerprint density at radius 1 is 0.868 bits per heavy atom. The number of carbonyl (C=O) groups excluding carboxylic acids is 1. The van der Waals surface area contributed by atoms with Crippen molar-refractivity contribution in [3.63, 3.8) is 0 Å². The van der Waals surface area contributed by atoms with Gasteiger partial charge < -0.3 is 15.2 Å². The Bertz CT molecular complexity index is 1200. The van der Waals surface area contributed by atoms with Crippen LogP contribution in [0, 0.1) is 5.92 Å². The summed E-state index contributed by atoms with van der Waals surface area (Å²) in [5.41, 5.74) is 2.21. The van der Waals surface area contributed by atoms with Gasteiger partial charge in [0.2, 0.25) is 5.91 Å². The zero-order valence-corrected chi connectivity index (χ0v) is 21.6. The Morgan fingerprint density at radius 2 is 1.53 bits per heavy atom. The lowest BCUT2D eigenvalue weighted by atomic mass is 10.0. The fourth-order valence-corrected chi connectivity index (χ4v) is 5.04. The Hall–Kier alpha value is -3.68. The first-order valence-electron chi connectivity index (χ1n) is 13.4. The number of carboxylic acids is 1. The minimum atomic E-state index is -0.897. The minimum absolute atomic E-state index is 0.0170. The zero-order valence-electron chi connectivity index (χ0n) is 21.6. The van der Waals surface area contributed by atoms with Gasteiger partial charge in [-0.05, 0) is 98.8 Å². The van der Waals surface area contributed by atoms with E-state index in [1.54, 1.807) is 12.1 Å². The number of nitrogens with one attached hydrogen (secondary N) is 1. The van der Waals surface area contributed by atoms with Crippen LogP contribution < -0.4 is 10.1 Å². The number of piperidine rings is 1. The predicted molar refractivity (Wildman–Crippen MR) is 148 cm³/mol. The first-order valence-corrected chi connectivity index (χ1v) is 13.4. The second-order valence-corrected chi connectivity index (χ2v) is 10.4. The molecule has 0 radical (unpaired) electrons. The quantitative estimate of drug-likeness (QED) is 0.353. The van der Waals surface area contributed by atoms with E-state index in [9.17, 15) is 9.59 Å². The summed E-state index contributed by atoms with van der Waals surface area (Å²) in [5.74, 6) is 1.34. The van der Waals surface area contributed by atoms with Gasteiger partial charge in [-0.25, -0.2) is 4.79 Å². The van der Waals surface area contributed by atoms with Gasteiger partial charge in [0.1, 0.15) is 11.5 Å². The number of hydrogen-bond acceptors (Lipinski definition) is 5. The third-order valence-electron chi connectivity index (χ3n) is 7.33. The summed E-state index contributed by atoms with van der Waals surface area (Å²) < 4.78 is 5.85. The van der Waals surface area contributed by atoms with Gasteiger partial charge in [0.15, 0.2) is 0 Å². The molecule has 1 saturated carbocycles. The van der Waals surface area contributed by atoms with Crippen molar-refractivity contribution >= 4 is 17.6 Å². The molecule has 1 aliphatic carbocycles. The van der Waals surface area contributed by atoms with Crippen molar-refractivity contribution in [1.82, 2.24) is 9.80 Å². The topological polar surface area (TPSA) is 82.1 Å². The Kier molecular flexibility index (Phi) is 8.36. The van der Waals surface area contributed by atoms with Crippen LogP contribution >= 0.6 is 0 Å². The molecule has 3 aromatic rings. The highest BCUT2D eigenvalue weighted by molar-refractivity contribution is 5.92. The average Bonchev–Trinajstić information content (AvgIpc) is 3.75. The summed E-state index contributed by atoms with van der Waals surface area (Å²) in [5, 5.41) is 12.2. The number of anilines is 1. The van der Waals surface area contributed by atoms with Crippen molar-refractivity contribution < 1.29 is 19.4 Å². The van der Waals surface area contributed by atoms with E-state index in [0.29, 0.717) is 24.1 Å². The summed E-state index contributed by atoms with van der Waals surface area (Å²) in [6.07, 6.45) is 4.57. The molecule has 2 aliphatic rings. The molecule has 1 heterocycles. The number of benzene rings is 3. The Morgan fingerprint density at radius 3 is 2.16 bits per heavy atom. The van der Waals surface area contributed by atoms with E-state index in [1.165, 1.54) is 12.8 Å². The number of carbonyl (C=O) groups is 2. The lowest BCUT2D eigenvalue weighted by molar-refractivity contribution is -0.118. The van der Waals surface area contributed by atoms with Crippen LogP contribution in [0.25, 0.3) is 0 Å². The number of rotatable bonds is 11. The average molecular weight is 514 g/mol. The van der Waals surface area contributed by atoms with Crippen molar-refractivity contribution in [1.29, 1.82) is 0 Å². The number of amides is 1. The highest BCUT2D eigenvalue weighted by Gasteiger charge is 2.31. The molecule has 38 heavy (non-hydrogen) atoms. The first-order chi connectivity index (χ1) is 18.5. The molecule has 198 valence electrons. The van der Waals surface area contributed by atoms with Crippen LogP contribution in [0.4, 0.5) is 5.69 Å². The maximum Gasteiger partial charge on any atom is 0.335 e. The molecule has 3 aromatic carbocycles. The number of carboxylic acid groups (broad SMARTS) is 1. The van der Waals surface area contributed by atoms with Crippen LogP contribution in [0.2, 0.25) is 0 Å². The van der Waals surface area contributed by atoms with E-state index in [-0.39, 0.29) is 5.91 Å². The second kappa shape index (κ2) is 12.2. The normalized spacial score (nSPS) is 16.3. The van der Waals surface area contributed by atoms with Gasteiger partial charge in [-0.3, -0.25) is 14.6 Å². The van der Waals surface area contributed by atoms with Gasteiger partial charge in [-0.2, -0.15) is 0 Å². The number of likely N-dealkylation sites (tertiary alicyclic amines) is 1. The summed E-state index contributed by atoms with van der Waals surface area (Å²) >= 11 is 0. The highest BCUT2D eigenvalue weighted by atomic mass is 16.5. The molecule has 2 N–H and O–H groups in total. The molecule has 1 saturated heterocycles. The van der Waals surface area contributed by atoms with Crippen molar-refractivity contribution in [2.45, 2.75) is 38.3 Å². The largest absolute Gasteiger partial charge is 0.478 e. The number of aromatic carboxylic acids is 1. The fourth-order valence-electron chi connectivity index (χ4n) is 5.04. The molecule has 0 bridgehead atoms. The second-order valence-electron chi connectivity index (χ2n) is 10.4. The molecule has 0 atom stereocenters.